The van der Waals surface area contributed by atoms with Crippen LogP contribution in [0.15, 0.2) is 30.3 Å². The molecule has 0 atom stereocenters. The van der Waals surface area contributed by atoms with E-state index in [1.54, 1.807) is 0 Å². The maximum Gasteiger partial charge on any atom is 0.400 e. The molecule has 78 valence electrons. The van der Waals surface area contributed by atoms with Crippen LogP contribution in [0.25, 0.3) is 0 Å². The SMILES string of the molecule is Br[Si](Br)(Br)O[Si](Br)(Br)c1ccccc1. The topological polar surface area (TPSA) is 9.23 Å². The first-order valence-electron chi connectivity index (χ1n) is 3.51. The Hall–Kier alpha value is 2.01. The Morgan fingerprint density at radius 2 is 1.36 bits per heavy atom. The summed E-state index contributed by atoms with van der Waals surface area (Å²) < 4.78 is 3.80. The van der Waals surface area contributed by atoms with E-state index in [4.69, 9.17) is 4.12 Å². The number of benzene rings is 1. The fraction of sp³-hybridized carbons (Fsp3) is 0. The third kappa shape index (κ3) is 4.90. The van der Waals surface area contributed by atoms with E-state index in [0.717, 1.165) is 5.19 Å². The molecule has 0 saturated carbocycles. The Morgan fingerprint density at radius 3 is 1.79 bits per heavy atom. The lowest BCUT2D eigenvalue weighted by atomic mass is 10.4. The highest BCUT2D eigenvalue weighted by Gasteiger charge is 2.40. The summed E-state index contributed by atoms with van der Waals surface area (Å²) in [7, 11) is 0. The maximum atomic E-state index is 5.87. The Labute approximate surface area is 124 Å². The van der Waals surface area contributed by atoms with Gasteiger partial charge in [-0.25, -0.2) is 0 Å². The van der Waals surface area contributed by atoms with Crippen molar-refractivity contribution in [2.45, 2.75) is 0 Å². The largest absolute Gasteiger partial charge is 0.412 e. The van der Waals surface area contributed by atoms with E-state index in [2.05, 4.69) is 76.5 Å². The summed E-state index contributed by atoms with van der Waals surface area (Å²) in [4.78, 5) is 0. The Balaban J connectivity index is 2.86. The van der Waals surface area contributed by atoms with Crippen molar-refractivity contribution in [2.24, 2.45) is 0 Å². The standard InChI is InChI=1S/C6H5Br5OSi2/c7-13(8,12-14(9,10)11)6-4-2-1-3-5-6/h1-5H. The van der Waals surface area contributed by atoms with E-state index < -0.39 is 9.73 Å². The fourth-order valence-electron chi connectivity index (χ4n) is 0.836. The summed E-state index contributed by atoms with van der Waals surface area (Å²) in [5.41, 5.74) is -2.17. The summed E-state index contributed by atoms with van der Waals surface area (Å²) in [6, 6.07) is 10.0. The Morgan fingerprint density at radius 1 is 0.857 bits per heavy atom. The average molecular weight is 549 g/mol. The average Bonchev–Trinajstić information content (AvgIpc) is 2.01. The normalized spacial score (nSPS) is 12.9. The zero-order valence-corrected chi connectivity index (χ0v) is 16.6. The molecular formula is C6H5Br5OSi2. The first-order chi connectivity index (χ1) is 6.31. The molecule has 8 heteroatoms. The van der Waals surface area contributed by atoms with Crippen LogP contribution in [0, 0.1) is 0 Å². The molecule has 0 heterocycles. The molecule has 14 heavy (non-hydrogen) atoms. The van der Waals surface area contributed by atoms with Gasteiger partial charge in [-0.1, -0.05) is 107 Å². The first-order valence-corrected chi connectivity index (χ1v) is 18.6. The molecule has 1 aromatic carbocycles. The van der Waals surface area contributed by atoms with Gasteiger partial charge in [-0.15, -0.1) is 0 Å². The van der Waals surface area contributed by atoms with Crippen LogP contribution >= 0.6 is 76.5 Å². The number of hydrogen-bond acceptors (Lipinski definition) is 1. The molecule has 0 aromatic heterocycles. The molecule has 0 N–H and O–H groups in total. The van der Waals surface area contributed by atoms with Gasteiger partial charge >= 0.3 is 9.73 Å². The van der Waals surface area contributed by atoms with Gasteiger partial charge in [0.05, 0.1) is 0 Å². The van der Waals surface area contributed by atoms with Crippen molar-refractivity contribution in [1.29, 1.82) is 0 Å². The van der Waals surface area contributed by atoms with E-state index in [0.29, 0.717) is 0 Å². The number of halogens is 5. The second kappa shape index (κ2) is 5.57. The van der Waals surface area contributed by atoms with Gasteiger partial charge in [-0.2, -0.15) is 0 Å². The maximum absolute atomic E-state index is 5.87. The second-order valence-electron chi connectivity index (χ2n) is 2.43. The highest BCUT2D eigenvalue weighted by atomic mass is 80.0. The number of rotatable bonds is 3. The van der Waals surface area contributed by atoms with E-state index in [1.165, 1.54) is 0 Å². The first kappa shape index (κ1) is 14.1. The van der Waals surface area contributed by atoms with Gasteiger partial charge in [-0.05, 0) is 5.19 Å². The minimum absolute atomic E-state index is 1.13. The van der Waals surface area contributed by atoms with Crippen molar-refractivity contribution in [1.82, 2.24) is 0 Å². The molecule has 0 bridgehead atoms. The van der Waals surface area contributed by atoms with Gasteiger partial charge in [0.1, 0.15) is 0 Å². The summed E-state index contributed by atoms with van der Waals surface area (Å²) in [6.07, 6.45) is 0. The molecule has 0 spiro atoms. The van der Waals surface area contributed by atoms with Gasteiger partial charge in [0.15, 0.2) is 0 Å². The van der Waals surface area contributed by atoms with Gasteiger partial charge in [0.25, 0.3) is 0 Å². The van der Waals surface area contributed by atoms with Crippen LogP contribution < -0.4 is 5.19 Å². The quantitative estimate of drug-likeness (QED) is 0.405. The summed E-state index contributed by atoms with van der Waals surface area (Å²) >= 11 is 17.5. The molecule has 0 amide bonds. The minimum atomic E-state index is -2.17. The lowest BCUT2D eigenvalue weighted by Gasteiger charge is -2.23. The summed E-state index contributed by atoms with van der Waals surface area (Å²) in [6.45, 7) is 0. The molecule has 0 fully saturated rings. The third-order valence-electron chi connectivity index (χ3n) is 1.35. The van der Waals surface area contributed by atoms with Gasteiger partial charge in [-0.3, -0.25) is 0 Å². The van der Waals surface area contributed by atoms with Crippen molar-refractivity contribution in [3.8, 4) is 0 Å². The zero-order valence-electron chi connectivity index (χ0n) is 6.68. The van der Waals surface area contributed by atoms with Gasteiger partial charge in [0, 0.05) is 0 Å². The molecule has 0 saturated heterocycles. The van der Waals surface area contributed by atoms with E-state index in [9.17, 15) is 0 Å². The molecule has 0 aliphatic carbocycles. The molecule has 0 aliphatic rings. The lowest BCUT2D eigenvalue weighted by Crippen LogP contribution is -2.43. The van der Waals surface area contributed by atoms with Crippen LogP contribution in [0.4, 0.5) is 0 Å². The van der Waals surface area contributed by atoms with Crippen LogP contribution in [0.3, 0.4) is 0 Å². The molecule has 1 rings (SSSR count). The molecular weight excluding hydrogens is 544 g/mol. The minimum Gasteiger partial charge on any atom is -0.412 e. The van der Waals surface area contributed by atoms with Crippen molar-refractivity contribution >= 4 is 91.4 Å². The van der Waals surface area contributed by atoms with Crippen LogP contribution in [-0.4, -0.2) is 9.73 Å². The van der Waals surface area contributed by atoms with E-state index in [1.807, 2.05) is 30.3 Å². The zero-order chi connectivity index (χ0) is 10.8. The number of hydrogen-bond donors (Lipinski definition) is 0. The molecule has 1 nitrogen and oxygen atoms in total. The highest BCUT2D eigenvalue weighted by molar-refractivity contribution is 9.71. The van der Waals surface area contributed by atoms with Crippen molar-refractivity contribution in [2.75, 3.05) is 0 Å². The molecule has 0 unspecified atom stereocenters. The van der Waals surface area contributed by atoms with Crippen LogP contribution in [-0.2, 0) is 4.12 Å². The predicted octanol–water partition coefficient (Wildman–Crippen LogP) is 4.26. The smallest absolute Gasteiger partial charge is 0.400 e. The third-order valence-corrected chi connectivity index (χ3v) is 14.3. The van der Waals surface area contributed by atoms with Crippen molar-refractivity contribution in [3.05, 3.63) is 30.3 Å². The molecule has 1 aromatic rings. The Kier molecular flexibility index (Phi) is 5.60. The Bertz CT molecular complexity index is 299. The van der Waals surface area contributed by atoms with E-state index >= 15 is 0 Å². The van der Waals surface area contributed by atoms with Crippen molar-refractivity contribution < 1.29 is 4.12 Å². The predicted molar refractivity (Wildman–Crippen MR) is 83.3 cm³/mol. The highest BCUT2D eigenvalue weighted by Crippen LogP contribution is 2.36. The lowest BCUT2D eigenvalue weighted by molar-refractivity contribution is 0.652. The monoisotopic (exact) mass is 544 g/mol. The van der Waals surface area contributed by atoms with Crippen LogP contribution in [0.5, 0.6) is 0 Å². The van der Waals surface area contributed by atoms with Gasteiger partial charge in [0.2, 0.25) is 0 Å². The van der Waals surface area contributed by atoms with Gasteiger partial charge < -0.3 is 4.12 Å². The van der Waals surface area contributed by atoms with E-state index in [-0.39, 0.29) is 0 Å². The van der Waals surface area contributed by atoms with Crippen molar-refractivity contribution in [3.63, 3.8) is 0 Å². The molecule has 0 radical (unpaired) electrons. The summed E-state index contributed by atoms with van der Waals surface area (Å²) in [5, 5.41) is 1.13. The molecule has 0 aliphatic heterocycles. The second-order valence-corrected chi connectivity index (χ2v) is 35.3. The van der Waals surface area contributed by atoms with Crippen LogP contribution in [0.2, 0.25) is 0 Å². The fourth-order valence-corrected chi connectivity index (χ4v) is 27.3. The van der Waals surface area contributed by atoms with Crippen LogP contribution in [0.1, 0.15) is 0 Å². The summed E-state index contributed by atoms with van der Waals surface area (Å²) in [5.74, 6) is 0.